The van der Waals surface area contributed by atoms with Gasteiger partial charge in [-0.15, -0.1) is 0 Å². The van der Waals surface area contributed by atoms with Gasteiger partial charge in [-0.05, 0) is 25.7 Å². The molecule has 1 amide bonds. The third kappa shape index (κ3) is 2.81. The lowest BCUT2D eigenvalue weighted by Crippen LogP contribution is -2.49. The highest BCUT2D eigenvalue weighted by Crippen LogP contribution is 2.27. The maximum atomic E-state index is 12.5. The molecule has 0 bridgehead atoms. The Morgan fingerprint density at radius 3 is 2.79 bits per heavy atom. The summed E-state index contributed by atoms with van der Waals surface area (Å²) in [6.45, 7) is 7.03. The van der Waals surface area contributed by atoms with Crippen molar-refractivity contribution in [3.8, 4) is 0 Å². The van der Waals surface area contributed by atoms with Crippen molar-refractivity contribution in [3.63, 3.8) is 0 Å². The van der Waals surface area contributed by atoms with Crippen LogP contribution in [0.4, 0.5) is 0 Å². The molecule has 5 heteroatoms. The van der Waals surface area contributed by atoms with Crippen molar-refractivity contribution in [1.82, 2.24) is 9.88 Å². The van der Waals surface area contributed by atoms with E-state index >= 15 is 0 Å². The van der Waals surface area contributed by atoms with Crippen LogP contribution in [0, 0.1) is 19.8 Å². The molecule has 2 rings (SSSR count). The summed E-state index contributed by atoms with van der Waals surface area (Å²) in [6.07, 6.45) is 3.19. The van der Waals surface area contributed by atoms with Crippen LogP contribution in [0.15, 0.2) is 4.42 Å². The van der Waals surface area contributed by atoms with E-state index in [1.807, 2.05) is 4.90 Å². The SMILES string of the molecule is CCC1CCN(C(=O)c2oc(C)nc2C)C(CN)C1. The number of oxazole rings is 1. The standard InChI is InChI=1S/C14H23N3O2/c1-4-11-5-6-17(12(7-11)8-15)14(18)13-9(2)16-10(3)19-13/h11-12H,4-8,15H2,1-3H3. The van der Waals surface area contributed by atoms with E-state index in [9.17, 15) is 4.79 Å². The lowest BCUT2D eigenvalue weighted by atomic mass is 9.88. The fraction of sp³-hybridized carbons (Fsp3) is 0.714. The molecule has 1 fully saturated rings. The van der Waals surface area contributed by atoms with E-state index in [1.54, 1.807) is 13.8 Å². The first-order valence-corrected chi connectivity index (χ1v) is 7.01. The third-order valence-electron chi connectivity index (χ3n) is 4.03. The van der Waals surface area contributed by atoms with E-state index in [1.165, 1.54) is 0 Å². The average molecular weight is 265 g/mol. The molecule has 2 N–H and O–H groups in total. The Bertz CT molecular complexity index is 456. The topological polar surface area (TPSA) is 72.4 Å². The number of aryl methyl sites for hydroxylation is 2. The molecule has 1 aromatic heterocycles. The fourth-order valence-corrected chi connectivity index (χ4v) is 2.86. The minimum Gasteiger partial charge on any atom is -0.436 e. The zero-order valence-electron chi connectivity index (χ0n) is 12.0. The van der Waals surface area contributed by atoms with E-state index in [0.29, 0.717) is 29.8 Å². The molecule has 0 radical (unpaired) electrons. The van der Waals surface area contributed by atoms with Crippen molar-refractivity contribution >= 4 is 5.91 Å². The van der Waals surface area contributed by atoms with Gasteiger partial charge in [-0.2, -0.15) is 0 Å². The van der Waals surface area contributed by atoms with Crippen LogP contribution in [0.3, 0.4) is 0 Å². The molecule has 1 aliphatic rings. The number of aromatic nitrogens is 1. The van der Waals surface area contributed by atoms with Crippen LogP contribution in [-0.4, -0.2) is 34.9 Å². The summed E-state index contributed by atoms with van der Waals surface area (Å²) in [6, 6.07) is 0.121. The van der Waals surface area contributed by atoms with Crippen molar-refractivity contribution in [3.05, 3.63) is 17.3 Å². The van der Waals surface area contributed by atoms with Gasteiger partial charge in [0.15, 0.2) is 5.89 Å². The Morgan fingerprint density at radius 1 is 1.53 bits per heavy atom. The largest absolute Gasteiger partial charge is 0.436 e. The minimum absolute atomic E-state index is 0.0666. The Morgan fingerprint density at radius 2 is 2.26 bits per heavy atom. The molecule has 2 heterocycles. The van der Waals surface area contributed by atoms with Gasteiger partial charge in [0.1, 0.15) is 0 Å². The summed E-state index contributed by atoms with van der Waals surface area (Å²) in [5.74, 6) is 1.51. The predicted octanol–water partition coefficient (Wildman–Crippen LogP) is 1.88. The number of piperidine rings is 1. The van der Waals surface area contributed by atoms with Gasteiger partial charge in [0.05, 0.1) is 5.69 Å². The highest BCUT2D eigenvalue weighted by Gasteiger charge is 2.32. The van der Waals surface area contributed by atoms with Crippen LogP contribution >= 0.6 is 0 Å². The van der Waals surface area contributed by atoms with Gasteiger partial charge in [-0.25, -0.2) is 4.98 Å². The number of nitrogens with zero attached hydrogens (tertiary/aromatic N) is 2. The maximum Gasteiger partial charge on any atom is 0.291 e. The van der Waals surface area contributed by atoms with Crippen LogP contribution < -0.4 is 5.73 Å². The molecule has 19 heavy (non-hydrogen) atoms. The summed E-state index contributed by atoms with van der Waals surface area (Å²) >= 11 is 0. The second-order valence-electron chi connectivity index (χ2n) is 5.33. The van der Waals surface area contributed by atoms with Gasteiger partial charge >= 0.3 is 0 Å². The monoisotopic (exact) mass is 265 g/mol. The van der Waals surface area contributed by atoms with Crippen LogP contribution in [0.1, 0.15) is 48.3 Å². The molecule has 0 saturated carbocycles. The van der Waals surface area contributed by atoms with E-state index in [4.69, 9.17) is 10.2 Å². The maximum absolute atomic E-state index is 12.5. The number of amides is 1. The van der Waals surface area contributed by atoms with E-state index in [-0.39, 0.29) is 11.9 Å². The van der Waals surface area contributed by atoms with Crippen molar-refractivity contribution in [2.45, 2.75) is 46.1 Å². The third-order valence-corrected chi connectivity index (χ3v) is 4.03. The summed E-state index contributed by atoms with van der Waals surface area (Å²) < 4.78 is 5.43. The molecular weight excluding hydrogens is 242 g/mol. The highest BCUT2D eigenvalue weighted by atomic mass is 16.4. The van der Waals surface area contributed by atoms with Crippen LogP contribution in [0.5, 0.6) is 0 Å². The van der Waals surface area contributed by atoms with Gasteiger partial charge in [0, 0.05) is 26.1 Å². The lowest BCUT2D eigenvalue weighted by Gasteiger charge is -2.38. The summed E-state index contributed by atoms with van der Waals surface area (Å²) in [5, 5.41) is 0. The van der Waals surface area contributed by atoms with E-state index in [2.05, 4.69) is 11.9 Å². The van der Waals surface area contributed by atoms with Gasteiger partial charge in [-0.3, -0.25) is 4.79 Å². The molecule has 106 valence electrons. The Kier molecular flexibility index (Phi) is 4.24. The van der Waals surface area contributed by atoms with Crippen molar-refractivity contribution in [2.24, 2.45) is 11.7 Å². The molecule has 0 aliphatic carbocycles. The average Bonchev–Trinajstić information content (AvgIpc) is 2.76. The summed E-state index contributed by atoms with van der Waals surface area (Å²) in [5.41, 5.74) is 6.49. The molecule has 0 spiro atoms. The molecule has 0 aromatic carbocycles. The first-order chi connectivity index (χ1) is 9.06. The fourth-order valence-electron chi connectivity index (χ4n) is 2.86. The minimum atomic E-state index is -0.0666. The normalized spacial score (nSPS) is 23.7. The number of rotatable bonds is 3. The quantitative estimate of drug-likeness (QED) is 0.905. The van der Waals surface area contributed by atoms with Crippen molar-refractivity contribution in [1.29, 1.82) is 0 Å². The van der Waals surface area contributed by atoms with Crippen LogP contribution in [0.2, 0.25) is 0 Å². The van der Waals surface area contributed by atoms with Gasteiger partial charge in [0.25, 0.3) is 5.91 Å². The number of carbonyl (C=O) groups excluding carboxylic acids is 1. The molecule has 2 unspecified atom stereocenters. The Hall–Kier alpha value is -1.36. The molecular formula is C14H23N3O2. The number of hydrogen-bond acceptors (Lipinski definition) is 4. The molecule has 1 aromatic rings. The number of carbonyl (C=O) groups is 1. The van der Waals surface area contributed by atoms with Gasteiger partial charge in [0.2, 0.25) is 5.76 Å². The lowest BCUT2D eigenvalue weighted by molar-refractivity contribution is 0.0524. The first kappa shape index (κ1) is 14.1. The Labute approximate surface area is 114 Å². The number of hydrogen-bond donors (Lipinski definition) is 1. The van der Waals surface area contributed by atoms with E-state index < -0.39 is 0 Å². The summed E-state index contributed by atoms with van der Waals surface area (Å²) in [7, 11) is 0. The zero-order chi connectivity index (χ0) is 14.0. The van der Waals surface area contributed by atoms with Crippen molar-refractivity contribution < 1.29 is 9.21 Å². The zero-order valence-corrected chi connectivity index (χ0v) is 12.0. The number of likely N-dealkylation sites (tertiary alicyclic amines) is 1. The summed E-state index contributed by atoms with van der Waals surface area (Å²) in [4.78, 5) is 18.6. The smallest absolute Gasteiger partial charge is 0.291 e. The molecule has 2 atom stereocenters. The van der Waals surface area contributed by atoms with Crippen LogP contribution in [0.25, 0.3) is 0 Å². The van der Waals surface area contributed by atoms with Crippen LogP contribution in [-0.2, 0) is 0 Å². The first-order valence-electron chi connectivity index (χ1n) is 7.01. The van der Waals surface area contributed by atoms with Gasteiger partial charge in [-0.1, -0.05) is 13.3 Å². The highest BCUT2D eigenvalue weighted by molar-refractivity contribution is 5.92. The predicted molar refractivity (Wildman–Crippen MR) is 72.9 cm³/mol. The second-order valence-corrected chi connectivity index (χ2v) is 5.33. The molecule has 1 saturated heterocycles. The second kappa shape index (κ2) is 5.74. The molecule has 1 aliphatic heterocycles. The van der Waals surface area contributed by atoms with E-state index in [0.717, 1.165) is 25.8 Å². The molecule has 5 nitrogen and oxygen atoms in total. The Balaban J connectivity index is 2.16. The van der Waals surface area contributed by atoms with Crippen molar-refractivity contribution in [2.75, 3.05) is 13.1 Å². The number of nitrogens with two attached hydrogens (primary N) is 1. The van der Waals surface area contributed by atoms with Gasteiger partial charge < -0.3 is 15.1 Å².